The Kier molecular flexibility index (Phi) is 10.0. The highest BCUT2D eigenvalue weighted by Crippen LogP contribution is 2.40. The Bertz CT molecular complexity index is 1460. The first-order valence-electron chi connectivity index (χ1n) is 13.2. The lowest BCUT2D eigenvalue weighted by Gasteiger charge is -2.34. The van der Waals surface area contributed by atoms with Crippen LogP contribution in [0.15, 0.2) is 54.6 Å². The number of nitrogens with one attached hydrogen (secondary N) is 2. The van der Waals surface area contributed by atoms with E-state index in [0.717, 1.165) is 18.2 Å². The largest absolute Gasteiger partial charge is 0.493 e. The zero-order valence-corrected chi connectivity index (χ0v) is 24.3. The number of carbonyl (C=O) groups is 2. The number of benzene rings is 2. The maximum Gasteiger partial charge on any atom is 0.424 e. The molecule has 0 aliphatic heterocycles. The van der Waals surface area contributed by atoms with Gasteiger partial charge in [0.2, 0.25) is 5.60 Å². The molecule has 0 spiro atoms. The highest BCUT2D eigenvalue weighted by atomic mass is 19.4. The van der Waals surface area contributed by atoms with Crippen LogP contribution in [-0.2, 0) is 15.9 Å². The summed E-state index contributed by atoms with van der Waals surface area (Å²) in [6.07, 6.45) is -5.27. The predicted molar refractivity (Wildman–Crippen MR) is 151 cm³/mol. The molecule has 0 saturated carbocycles. The van der Waals surface area contributed by atoms with Crippen molar-refractivity contribution in [3.05, 3.63) is 77.2 Å². The lowest BCUT2D eigenvalue weighted by molar-refractivity contribution is -0.265. The van der Waals surface area contributed by atoms with Gasteiger partial charge in [0.1, 0.15) is 5.82 Å². The average Bonchev–Trinajstić information content (AvgIpc) is 2.93. The molecule has 3 aromatic rings. The molecular weight excluding hydrogens is 572 g/mol. The number of nitrogens with zero attached hydrogens (tertiary/aromatic N) is 1. The summed E-state index contributed by atoms with van der Waals surface area (Å²) in [6.45, 7) is 5.53. The fourth-order valence-corrected chi connectivity index (χ4v) is 4.40. The molecule has 1 atom stereocenters. The number of pyridine rings is 1. The van der Waals surface area contributed by atoms with Crippen molar-refractivity contribution in [2.24, 2.45) is 5.73 Å². The second-order valence-corrected chi connectivity index (χ2v) is 10.7. The van der Waals surface area contributed by atoms with Crippen LogP contribution in [0, 0.1) is 5.82 Å². The lowest BCUT2D eigenvalue weighted by Crippen LogP contribution is -2.52. The Morgan fingerprint density at radius 1 is 1.02 bits per heavy atom. The Morgan fingerprint density at radius 2 is 1.67 bits per heavy atom. The van der Waals surface area contributed by atoms with Crippen LogP contribution >= 0.6 is 0 Å². The maximum absolute atomic E-state index is 14.6. The van der Waals surface area contributed by atoms with Gasteiger partial charge in [-0.05, 0) is 74.0 Å². The predicted octanol–water partition coefficient (Wildman–Crippen LogP) is 4.17. The number of alkyl halides is 3. The summed E-state index contributed by atoms with van der Waals surface area (Å²) in [4.78, 5) is 28.1. The number of halogens is 4. The Morgan fingerprint density at radius 3 is 2.23 bits per heavy atom. The molecule has 0 saturated heterocycles. The van der Waals surface area contributed by atoms with E-state index in [2.05, 4.69) is 15.6 Å². The second-order valence-electron chi connectivity index (χ2n) is 10.7. The third-order valence-electron chi connectivity index (χ3n) is 6.53. The molecule has 0 aliphatic carbocycles. The summed E-state index contributed by atoms with van der Waals surface area (Å²) in [5.74, 6) is -2.14. The SMILES string of the molecule is COc1cc(C(=O)NCC(O)(c2cc(C(C)(C)NC(C)C)cc(-c3ccc(F)cc3)n2)C(F)(F)F)ccc1OCC(N)=O. The molecule has 1 heterocycles. The van der Waals surface area contributed by atoms with Crippen molar-refractivity contribution in [3.8, 4) is 22.8 Å². The monoisotopic (exact) mass is 606 g/mol. The summed E-state index contributed by atoms with van der Waals surface area (Å²) in [5, 5.41) is 16.6. The van der Waals surface area contributed by atoms with E-state index in [1.165, 1.54) is 37.4 Å². The van der Waals surface area contributed by atoms with Gasteiger partial charge < -0.3 is 30.9 Å². The molecule has 0 radical (unpaired) electrons. The number of ether oxygens (including phenoxy) is 2. The minimum absolute atomic E-state index is 0.0261. The Balaban J connectivity index is 2.04. The van der Waals surface area contributed by atoms with Crippen LogP contribution in [0.2, 0.25) is 0 Å². The van der Waals surface area contributed by atoms with E-state index in [-0.39, 0.29) is 28.8 Å². The number of methoxy groups -OCH3 is 1. The molecule has 2 amide bonds. The molecule has 2 aromatic carbocycles. The summed E-state index contributed by atoms with van der Waals surface area (Å²) in [6, 6.07) is 11.4. The Hall–Kier alpha value is -4.23. The standard InChI is InChI=1S/C30H34F4N4O5/c1-17(2)38-28(3,4)20-13-22(18-6-9-21(31)10-7-18)37-25(14-20)29(41,30(32,33)34)16-36-27(40)19-8-11-23(24(12-19)42-5)43-15-26(35)39/h6-14,17,38,41H,15-16H2,1-5H3,(H2,35,39)(H,36,40). The topological polar surface area (TPSA) is 136 Å². The van der Waals surface area contributed by atoms with Crippen LogP contribution in [0.25, 0.3) is 11.3 Å². The molecule has 0 fully saturated rings. The van der Waals surface area contributed by atoms with E-state index in [0.29, 0.717) is 11.1 Å². The number of primary amides is 1. The first-order chi connectivity index (χ1) is 20.0. The van der Waals surface area contributed by atoms with Crippen LogP contribution in [0.5, 0.6) is 11.5 Å². The van der Waals surface area contributed by atoms with Crippen molar-refractivity contribution < 1.29 is 41.7 Å². The number of hydrogen-bond donors (Lipinski definition) is 4. The van der Waals surface area contributed by atoms with Crippen LogP contribution in [-0.4, -0.2) is 54.4 Å². The average molecular weight is 607 g/mol. The van der Waals surface area contributed by atoms with Gasteiger partial charge in [0.25, 0.3) is 11.8 Å². The van der Waals surface area contributed by atoms with Gasteiger partial charge in [0.05, 0.1) is 25.0 Å². The summed E-state index contributed by atoms with van der Waals surface area (Å²) in [5.41, 5.74) is 0.475. The van der Waals surface area contributed by atoms with Crippen molar-refractivity contribution in [1.82, 2.24) is 15.6 Å². The van der Waals surface area contributed by atoms with Gasteiger partial charge in [-0.15, -0.1) is 0 Å². The number of carbonyl (C=O) groups excluding carboxylic acids is 2. The highest BCUT2D eigenvalue weighted by molar-refractivity contribution is 5.95. The zero-order chi connectivity index (χ0) is 32.2. The number of aliphatic hydroxyl groups is 1. The summed E-state index contributed by atoms with van der Waals surface area (Å²) in [7, 11) is 1.27. The van der Waals surface area contributed by atoms with E-state index in [4.69, 9.17) is 15.2 Å². The van der Waals surface area contributed by atoms with E-state index < -0.39 is 53.8 Å². The first kappa shape index (κ1) is 33.3. The quantitative estimate of drug-likeness (QED) is 0.227. The van der Waals surface area contributed by atoms with Crippen molar-refractivity contribution in [1.29, 1.82) is 0 Å². The van der Waals surface area contributed by atoms with Gasteiger partial charge in [-0.1, -0.05) is 13.8 Å². The van der Waals surface area contributed by atoms with Gasteiger partial charge in [0, 0.05) is 22.7 Å². The van der Waals surface area contributed by atoms with Gasteiger partial charge in [-0.3, -0.25) is 9.59 Å². The highest BCUT2D eigenvalue weighted by Gasteiger charge is 2.56. The van der Waals surface area contributed by atoms with Crippen molar-refractivity contribution in [3.63, 3.8) is 0 Å². The molecule has 5 N–H and O–H groups in total. The molecule has 9 nitrogen and oxygen atoms in total. The molecule has 232 valence electrons. The fourth-order valence-electron chi connectivity index (χ4n) is 4.40. The third kappa shape index (κ3) is 7.99. The van der Waals surface area contributed by atoms with Gasteiger partial charge in [0.15, 0.2) is 18.1 Å². The molecule has 1 unspecified atom stereocenters. The molecule has 13 heteroatoms. The van der Waals surface area contributed by atoms with E-state index in [1.807, 2.05) is 13.8 Å². The van der Waals surface area contributed by atoms with Crippen molar-refractivity contribution in [2.45, 2.75) is 51.1 Å². The molecule has 0 aliphatic rings. The molecule has 1 aromatic heterocycles. The number of nitrogens with two attached hydrogens (primary N) is 1. The number of aromatic nitrogens is 1. The minimum atomic E-state index is -5.27. The van der Waals surface area contributed by atoms with Gasteiger partial charge >= 0.3 is 6.18 Å². The summed E-state index contributed by atoms with van der Waals surface area (Å²) >= 11 is 0. The smallest absolute Gasteiger partial charge is 0.424 e. The van der Waals surface area contributed by atoms with E-state index in [1.54, 1.807) is 19.9 Å². The van der Waals surface area contributed by atoms with Crippen LogP contribution in [0.1, 0.15) is 49.3 Å². The molecule has 3 rings (SSSR count). The number of hydrogen-bond acceptors (Lipinski definition) is 7. The van der Waals surface area contributed by atoms with Crippen LogP contribution < -0.4 is 25.8 Å². The second kappa shape index (κ2) is 13.0. The van der Waals surface area contributed by atoms with E-state index >= 15 is 0 Å². The third-order valence-corrected chi connectivity index (χ3v) is 6.53. The maximum atomic E-state index is 14.6. The Labute approximate surface area is 246 Å². The molecule has 43 heavy (non-hydrogen) atoms. The normalized spacial score (nSPS) is 13.4. The van der Waals surface area contributed by atoms with Crippen molar-refractivity contribution >= 4 is 11.8 Å². The van der Waals surface area contributed by atoms with Gasteiger partial charge in [-0.2, -0.15) is 13.2 Å². The fraction of sp³-hybridized carbons (Fsp3) is 0.367. The lowest BCUT2D eigenvalue weighted by atomic mass is 9.88. The van der Waals surface area contributed by atoms with Crippen LogP contribution in [0.3, 0.4) is 0 Å². The first-order valence-corrected chi connectivity index (χ1v) is 13.2. The van der Waals surface area contributed by atoms with Crippen molar-refractivity contribution in [2.75, 3.05) is 20.3 Å². The zero-order valence-electron chi connectivity index (χ0n) is 24.3. The molecular formula is C30H34F4N4O5. The van der Waals surface area contributed by atoms with Crippen LogP contribution in [0.4, 0.5) is 17.6 Å². The van der Waals surface area contributed by atoms with E-state index in [9.17, 15) is 32.3 Å². The summed E-state index contributed by atoms with van der Waals surface area (Å²) < 4.78 is 67.8. The minimum Gasteiger partial charge on any atom is -0.493 e. The number of rotatable bonds is 12. The van der Waals surface area contributed by atoms with Gasteiger partial charge in [-0.25, -0.2) is 9.37 Å². The molecule has 0 bridgehead atoms. The number of amides is 2.